The highest BCUT2D eigenvalue weighted by atomic mass is 79.9. The molecular formula is C12H16BrN3O2. The number of aromatic nitrogens is 2. The number of carbonyl (C=O) groups excluding carboxylic acids is 1. The summed E-state index contributed by atoms with van der Waals surface area (Å²) in [4.78, 5) is 25.2. The lowest BCUT2D eigenvalue weighted by Gasteiger charge is -2.28. The minimum atomic E-state index is -0.292. The summed E-state index contributed by atoms with van der Waals surface area (Å²) in [6, 6.07) is 3.03. The van der Waals surface area contributed by atoms with E-state index in [1.807, 2.05) is 4.90 Å². The smallest absolute Gasteiger partial charge is 0.274 e. The third-order valence-electron chi connectivity index (χ3n) is 3.21. The Morgan fingerprint density at radius 1 is 1.44 bits per heavy atom. The van der Waals surface area contributed by atoms with Crippen molar-refractivity contribution in [2.24, 2.45) is 0 Å². The van der Waals surface area contributed by atoms with Crippen LogP contribution >= 0.6 is 15.9 Å². The average molecular weight is 314 g/mol. The minimum Gasteiger partial charge on any atom is -0.333 e. The van der Waals surface area contributed by atoms with Gasteiger partial charge in [-0.05, 0) is 18.9 Å². The summed E-state index contributed by atoms with van der Waals surface area (Å²) in [5, 5.41) is 6.89. The maximum absolute atomic E-state index is 12.4. The van der Waals surface area contributed by atoms with Gasteiger partial charge in [-0.15, -0.1) is 0 Å². The van der Waals surface area contributed by atoms with Crippen LogP contribution in [0, 0.1) is 0 Å². The van der Waals surface area contributed by atoms with Gasteiger partial charge in [0.05, 0.1) is 0 Å². The summed E-state index contributed by atoms with van der Waals surface area (Å²) in [5.74, 6) is -0.0994. The van der Waals surface area contributed by atoms with Crippen molar-refractivity contribution in [2.45, 2.75) is 31.7 Å². The lowest BCUT2D eigenvalue weighted by molar-refractivity contribution is 0.0695. The number of nitrogens with zero attached hydrogens (tertiary/aromatic N) is 2. The number of likely N-dealkylation sites (tertiary alicyclic amines) is 1. The van der Waals surface area contributed by atoms with Crippen molar-refractivity contribution in [3.8, 4) is 0 Å². The lowest BCUT2D eigenvalue weighted by atomic mass is 10.1. The zero-order chi connectivity index (χ0) is 13.0. The highest BCUT2D eigenvalue weighted by Crippen LogP contribution is 2.19. The van der Waals surface area contributed by atoms with Crippen molar-refractivity contribution in [1.82, 2.24) is 15.1 Å². The number of rotatable bonds is 2. The Morgan fingerprint density at radius 2 is 2.28 bits per heavy atom. The number of H-pyrrole nitrogens is 1. The number of hydrogen-bond acceptors (Lipinski definition) is 3. The maximum atomic E-state index is 12.4. The fourth-order valence-corrected chi connectivity index (χ4v) is 2.89. The van der Waals surface area contributed by atoms with E-state index in [-0.39, 0.29) is 17.5 Å². The van der Waals surface area contributed by atoms with Crippen LogP contribution in [0.25, 0.3) is 0 Å². The van der Waals surface area contributed by atoms with Gasteiger partial charge in [-0.1, -0.05) is 28.8 Å². The number of alkyl halides is 1. The van der Waals surface area contributed by atoms with Crippen molar-refractivity contribution >= 4 is 21.8 Å². The third-order valence-corrected chi connectivity index (χ3v) is 3.96. The predicted molar refractivity (Wildman–Crippen MR) is 71.9 cm³/mol. The van der Waals surface area contributed by atoms with Gasteiger partial charge in [0.1, 0.15) is 5.69 Å². The first-order chi connectivity index (χ1) is 8.72. The Kier molecular flexibility index (Phi) is 4.52. The first-order valence-corrected chi connectivity index (χ1v) is 7.27. The topological polar surface area (TPSA) is 66.1 Å². The van der Waals surface area contributed by atoms with Gasteiger partial charge in [0.25, 0.3) is 11.5 Å². The van der Waals surface area contributed by atoms with E-state index in [2.05, 4.69) is 26.1 Å². The molecule has 18 heavy (non-hydrogen) atoms. The zero-order valence-corrected chi connectivity index (χ0v) is 11.6. The van der Waals surface area contributed by atoms with Crippen LogP contribution in [0.2, 0.25) is 0 Å². The quantitative estimate of drug-likeness (QED) is 0.842. The van der Waals surface area contributed by atoms with Crippen LogP contribution < -0.4 is 5.56 Å². The van der Waals surface area contributed by atoms with Gasteiger partial charge in [-0.2, -0.15) is 5.10 Å². The van der Waals surface area contributed by atoms with Crippen molar-refractivity contribution < 1.29 is 4.79 Å². The Labute approximate surface area is 114 Å². The van der Waals surface area contributed by atoms with Crippen LogP contribution in [-0.2, 0) is 0 Å². The summed E-state index contributed by atoms with van der Waals surface area (Å²) in [7, 11) is 0. The highest BCUT2D eigenvalue weighted by molar-refractivity contribution is 9.09. The molecule has 1 amide bonds. The molecule has 0 radical (unpaired) electrons. The molecule has 1 aromatic rings. The molecule has 6 heteroatoms. The largest absolute Gasteiger partial charge is 0.333 e. The minimum absolute atomic E-state index is 0.0994. The SMILES string of the molecule is O=C(c1ccc(=O)[nH]n1)N1CCCCCC1CBr. The molecule has 1 fully saturated rings. The molecule has 0 aromatic carbocycles. The van der Waals surface area contributed by atoms with Gasteiger partial charge in [-0.3, -0.25) is 9.59 Å². The molecule has 98 valence electrons. The summed E-state index contributed by atoms with van der Waals surface area (Å²) in [5.41, 5.74) is 0.0157. The van der Waals surface area contributed by atoms with E-state index in [0.717, 1.165) is 37.6 Å². The maximum Gasteiger partial charge on any atom is 0.274 e. The Balaban J connectivity index is 2.19. The molecule has 2 rings (SSSR count). The molecule has 2 heterocycles. The molecule has 1 aromatic heterocycles. The Bertz CT molecular complexity index is 454. The van der Waals surface area contributed by atoms with Crippen LogP contribution in [0.4, 0.5) is 0 Å². The van der Waals surface area contributed by atoms with Gasteiger partial charge >= 0.3 is 0 Å². The molecule has 1 atom stereocenters. The van der Waals surface area contributed by atoms with Gasteiger partial charge in [0, 0.05) is 24.0 Å². The fourth-order valence-electron chi connectivity index (χ4n) is 2.22. The first kappa shape index (κ1) is 13.3. The van der Waals surface area contributed by atoms with Crippen molar-refractivity contribution in [1.29, 1.82) is 0 Å². The number of halogens is 1. The van der Waals surface area contributed by atoms with E-state index < -0.39 is 0 Å². The average Bonchev–Trinajstić information content (AvgIpc) is 2.63. The molecule has 0 saturated carbocycles. The molecule has 0 aliphatic carbocycles. The van der Waals surface area contributed by atoms with E-state index in [0.29, 0.717) is 5.69 Å². The van der Waals surface area contributed by atoms with Gasteiger partial charge < -0.3 is 4.90 Å². The summed E-state index contributed by atoms with van der Waals surface area (Å²) >= 11 is 3.47. The molecule has 1 aliphatic rings. The van der Waals surface area contributed by atoms with Crippen molar-refractivity contribution in [3.05, 3.63) is 28.2 Å². The Morgan fingerprint density at radius 3 is 2.94 bits per heavy atom. The van der Waals surface area contributed by atoms with Gasteiger partial charge in [-0.25, -0.2) is 5.10 Å². The van der Waals surface area contributed by atoms with Crippen LogP contribution in [0.5, 0.6) is 0 Å². The molecule has 1 unspecified atom stereocenters. The molecule has 1 N–H and O–H groups in total. The molecule has 5 nitrogen and oxygen atoms in total. The summed E-state index contributed by atoms with van der Waals surface area (Å²) < 4.78 is 0. The second-order valence-electron chi connectivity index (χ2n) is 4.46. The number of carbonyl (C=O) groups is 1. The third kappa shape index (κ3) is 2.98. The fraction of sp³-hybridized carbons (Fsp3) is 0.583. The van der Waals surface area contributed by atoms with Crippen LogP contribution in [0.1, 0.15) is 36.2 Å². The number of amides is 1. The van der Waals surface area contributed by atoms with Crippen molar-refractivity contribution in [2.75, 3.05) is 11.9 Å². The zero-order valence-electron chi connectivity index (χ0n) is 10.1. The van der Waals surface area contributed by atoms with Crippen LogP contribution in [-0.4, -0.2) is 38.9 Å². The molecule has 1 saturated heterocycles. The van der Waals surface area contributed by atoms with E-state index in [9.17, 15) is 9.59 Å². The predicted octanol–water partition coefficient (Wildman–Crippen LogP) is 1.55. The molecule has 0 bridgehead atoms. The molecule has 0 spiro atoms. The van der Waals surface area contributed by atoms with E-state index in [4.69, 9.17) is 0 Å². The summed E-state index contributed by atoms with van der Waals surface area (Å²) in [6.07, 6.45) is 4.35. The van der Waals surface area contributed by atoms with Crippen molar-refractivity contribution in [3.63, 3.8) is 0 Å². The normalized spacial score (nSPS) is 20.5. The van der Waals surface area contributed by atoms with E-state index in [1.165, 1.54) is 12.1 Å². The van der Waals surface area contributed by atoms with Crippen LogP contribution in [0.3, 0.4) is 0 Å². The monoisotopic (exact) mass is 313 g/mol. The van der Waals surface area contributed by atoms with E-state index in [1.54, 1.807) is 0 Å². The van der Waals surface area contributed by atoms with Gasteiger partial charge in [0.15, 0.2) is 0 Å². The number of aromatic amines is 1. The molecular weight excluding hydrogens is 298 g/mol. The second-order valence-corrected chi connectivity index (χ2v) is 5.11. The summed E-state index contributed by atoms with van der Waals surface area (Å²) in [6.45, 7) is 0.760. The second kappa shape index (κ2) is 6.13. The standard InChI is InChI=1S/C12H16BrN3O2/c13-8-9-4-2-1-3-7-16(9)12(18)10-5-6-11(17)15-14-10/h5-6,9H,1-4,7-8H2,(H,15,17). The lowest BCUT2D eigenvalue weighted by Crippen LogP contribution is -2.41. The Hall–Kier alpha value is -1.17. The number of nitrogens with one attached hydrogen (secondary N) is 1. The number of hydrogen-bond donors (Lipinski definition) is 1. The molecule has 1 aliphatic heterocycles. The first-order valence-electron chi connectivity index (χ1n) is 6.15. The van der Waals surface area contributed by atoms with Gasteiger partial charge in [0.2, 0.25) is 0 Å². The van der Waals surface area contributed by atoms with Crippen LogP contribution in [0.15, 0.2) is 16.9 Å². The van der Waals surface area contributed by atoms with E-state index >= 15 is 0 Å². The highest BCUT2D eigenvalue weighted by Gasteiger charge is 2.26.